The van der Waals surface area contributed by atoms with Crippen molar-refractivity contribution in [3.63, 3.8) is 0 Å². The number of rotatable bonds is 8. The highest BCUT2D eigenvalue weighted by Gasteiger charge is 2.50. The summed E-state index contributed by atoms with van der Waals surface area (Å²) in [5.74, 6) is -1.20. The lowest BCUT2D eigenvalue weighted by Crippen LogP contribution is -2.56. The fourth-order valence-electron chi connectivity index (χ4n) is 4.54. The van der Waals surface area contributed by atoms with E-state index in [0.717, 1.165) is 5.56 Å². The molecule has 1 aliphatic carbocycles. The molecule has 2 amide bonds. The number of amides is 2. The number of aliphatic hydroxyl groups is 2. The van der Waals surface area contributed by atoms with Gasteiger partial charge in [-0.3, -0.25) is 9.59 Å². The molecule has 1 heterocycles. The number of hydrogen-bond acceptors (Lipinski definition) is 6. The van der Waals surface area contributed by atoms with Crippen LogP contribution in [0.1, 0.15) is 17.0 Å². The van der Waals surface area contributed by atoms with Crippen molar-refractivity contribution < 1.29 is 33.7 Å². The summed E-state index contributed by atoms with van der Waals surface area (Å²) in [7, 11) is 1.39. The van der Waals surface area contributed by atoms with Gasteiger partial charge in [0.1, 0.15) is 30.4 Å². The normalized spacial score (nSPS) is 22.8. The molecular weight excluding hydrogens is 443 g/mol. The Bertz CT molecular complexity index is 1070. The zero-order valence-corrected chi connectivity index (χ0v) is 18.7. The van der Waals surface area contributed by atoms with Gasteiger partial charge in [-0.25, -0.2) is 4.39 Å². The van der Waals surface area contributed by atoms with E-state index in [-0.39, 0.29) is 26.3 Å². The molecule has 0 bridgehead atoms. The lowest BCUT2D eigenvalue weighted by Gasteiger charge is -2.40. The number of hydrogen-bond donors (Lipinski definition) is 3. The van der Waals surface area contributed by atoms with Crippen molar-refractivity contribution in [2.24, 2.45) is 0 Å². The fraction of sp³-hybridized carbons (Fsp3) is 0.360. The van der Waals surface area contributed by atoms with Crippen molar-refractivity contribution in [3.05, 3.63) is 77.1 Å². The smallest absolute Gasteiger partial charge is 0.249 e. The van der Waals surface area contributed by atoms with E-state index in [2.05, 4.69) is 5.32 Å². The van der Waals surface area contributed by atoms with Crippen LogP contribution in [0.3, 0.4) is 0 Å². The fourth-order valence-corrected chi connectivity index (χ4v) is 4.54. The second-order valence-electron chi connectivity index (χ2n) is 8.26. The van der Waals surface area contributed by atoms with Crippen LogP contribution in [0, 0.1) is 5.82 Å². The van der Waals surface area contributed by atoms with E-state index >= 15 is 0 Å². The summed E-state index contributed by atoms with van der Waals surface area (Å²) in [4.78, 5) is 27.5. The molecule has 0 saturated carbocycles. The van der Waals surface area contributed by atoms with Gasteiger partial charge in [-0.1, -0.05) is 30.3 Å². The maximum absolute atomic E-state index is 13.4. The molecule has 3 N–H and O–H groups in total. The summed E-state index contributed by atoms with van der Waals surface area (Å²) in [5, 5.41) is 23.2. The van der Waals surface area contributed by atoms with E-state index in [1.165, 1.54) is 24.1 Å². The van der Waals surface area contributed by atoms with Crippen LogP contribution in [0.4, 0.5) is 4.39 Å². The van der Waals surface area contributed by atoms with Crippen LogP contribution >= 0.6 is 0 Å². The number of carbonyl (C=O) groups is 2. The minimum Gasteiger partial charge on any atom is -0.486 e. The van der Waals surface area contributed by atoms with E-state index in [4.69, 9.17) is 14.6 Å². The number of halogens is 1. The summed E-state index contributed by atoms with van der Waals surface area (Å²) < 4.78 is 24.5. The minimum atomic E-state index is -1.15. The van der Waals surface area contributed by atoms with E-state index in [1.807, 2.05) is 12.1 Å². The highest BCUT2D eigenvalue weighted by atomic mass is 19.1. The maximum Gasteiger partial charge on any atom is 0.249 e. The lowest BCUT2D eigenvalue weighted by molar-refractivity contribution is -0.141. The van der Waals surface area contributed by atoms with E-state index < -0.39 is 41.8 Å². The molecule has 4 rings (SSSR count). The quantitative estimate of drug-likeness (QED) is 0.534. The van der Waals surface area contributed by atoms with Crippen LogP contribution in [-0.4, -0.2) is 72.0 Å². The first kappa shape index (κ1) is 23.9. The summed E-state index contributed by atoms with van der Waals surface area (Å²) >= 11 is 0. The van der Waals surface area contributed by atoms with Crippen molar-refractivity contribution in [2.75, 3.05) is 26.9 Å². The van der Waals surface area contributed by atoms with Gasteiger partial charge in [-0.2, -0.15) is 0 Å². The van der Waals surface area contributed by atoms with Crippen LogP contribution in [0.5, 0.6) is 5.75 Å². The number of carbonyl (C=O) groups excluding carboxylic acids is 2. The Morgan fingerprint density at radius 1 is 1.18 bits per heavy atom. The molecule has 1 aliphatic heterocycles. The summed E-state index contributed by atoms with van der Waals surface area (Å²) in [6, 6.07) is 12.0. The molecule has 9 heteroatoms. The molecule has 0 radical (unpaired) electrons. The SMILES string of the molecule is COCC(=O)N(Cc1ccc(F)cc1)C1C=C(C(=O)NCCO)C2c3ccccc3OC2C1O. The van der Waals surface area contributed by atoms with E-state index in [0.29, 0.717) is 16.9 Å². The van der Waals surface area contributed by atoms with Gasteiger partial charge < -0.3 is 29.9 Å². The third-order valence-electron chi connectivity index (χ3n) is 6.09. The van der Waals surface area contributed by atoms with Gasteiger partial charge in [-0.15, -0.1) is 0 Å². The van der Waals surface area contributed by atoms with Crippen molar-refractivity contribution in [1.29, 1.82) is 0 Å². The Morgan fingerprint density at radius 3 is 2.62 bits per heavy atom. The number of benzene rings is 2. The molecule has 0 saturated heterocycles. The lowest BCUT2D eigenvalue weighted by atomic mass is 9.77. The minimum absolute atomic E-state index is 0.0607. The second-order valence-corrected chi connectivity index (χ2v) is 8.26. The molecule has 2 aromatic carbocycles. The van der Waals surface area contributed by atoms with Crippen molar-refractivity contribution in [1.82, 2.24) is 10.2 Å². The topological polar surface area (TPSA) is 108 Å². The average molecular weight is 470 g/mol. The highest BCUT2D eigenvalue weighted by Crippen LogP contribution is 2.47. The average Bonchev–Trinajstić information content (AvgIpc) is 3.23. The van der Waals surface area contributed by atoms with Gasteiger partial charge in [0.2, 0.25) is 11.8 Å². The Kier molecular flexibility index (Phi) is 7.26. The Balaban J connectivity index is 1.74. The molecule has 2 aromatic rings. The third-order valence-corrected chi connectivity index (χ3v) is 6.09. The highest BCUT2D eigenvalue weighted by molar-refractivity contribution is 5.96. The number of aliphatic hydroxyl groups excluding tert-OH is 2. The Morgan fingerprint density at radius 2 is 1.91 bits per heavy atom. The van der Waals surface area contributed by atoms with Crippen molar-refractivity contribution >= 4 is 11.8 Å². The summed E-state index contributed by atoms with van der Waals surface area (Å²) in [6.45, 7) is -0.337. The van der Waals surface area contributed by atoms with Crippen LogP contribution in [0.25, 0.3) is 0 Å². The van der Waals surface area contributed by atoms with Gasteiger partial charge in [-0.05, 0) is 29.8 Å². The Hall–Kier alpha value is -3.27. The molecule has 4 unspecified atom stereocenters. The first-order valence-electron chi connectivity index (χ1n) is 11.0. The van der Waals surface area contributed by atoms with Gasteiger partial charge in [0.25, 0.3) is 0 Å². The van der Waals surface area contributed by atoms with Gasteiger partial charge in [0, 0.05) is 31.3 Å². The number of para-hydroxylation sites is 1. The first-order valence-corrected chi connectivity index (χ1v) is 11.0. The summed E-state index contributed by atoms with van der Waals surface area (Å²) in [5.41, 5.74) is 1.76. The van der Waals surface area contributed by atoms with Crippen LogP contribution in [0.2, 0.25) is 0 Å². The van der Waals surface area contributed by atoms with Crippen LogP contribution in [0.15, 0.2) is 60.2 Å². The van der Waals surface area contributed by atoms with Crippen LogP contribution < -0.4 is 10.1 Å². The molecule has 180 valence electrons. The standard InChI is InChI=1S/C25H27FN2O6/c1-33-14-21(30)28(13-15-6-8-16(26)9-7-15)19-12-18(25(32)27-10-11-29)22-17-4-2-3-5-20(17)34-24(22)23(19)31/h2-9,12,19,22-24,29,31H,10-11,13-14H2,1H3,(H,27,32). The number of fused-ring (bicyclic) bond motifs is 3. The van der Waals surface area contributed by atoms with Crippen LogP contribution in [-0.2, 0) is 20.9 Å². The second kappa shape index (κ2) is 10.3. The van der Waals surface area contributed by atoms with Gasteiger partial charge >= 0.3 is 0 Å². The van der Waals surface area contributed by atoms with E-state index in [1.54, 1.807) is 30.3 Å². The molecule has 34 heavy (non-hydrogen) atoms. The molecule has 2 aliphatic rings. The third kappa shape index (κ3) is 4.68. The van der Waals surface area contributed by atoms with Crippen molar-refractivity contribution in [2.45, 2.75) is 30.7 Å². The van der Waals surface area contributed by atoms with Crippen molar-refractivity contribution in [3.8, 4) is 5.75 Å². The number of methoxy groups -OCH3 is 1. The summed E-state index contributed by atoms with van der Waals surface area (Å²) in [6.07, 6.45) is -0.359. The maximum atomic E-state index is 13.4. The zero-order valence-electron chi connectivity index (χ0n) is 18.7. The predicted octanol–water partition coefficient (Wildman–Crippen LogP) is 1.12. The number of nitrogens with zero attached hydrogens (tertiary/aromatic N) is 1. The largest absolute Gasteiger partial charge is 0.486 e. The Labute approximate surface area is 196 Å². The molecule has 0 fully saturated rings. The first-order chi connectivity index (χ1) is 16.4. The molecule has 4 atom stereocenters. The number of nitrogens with one attached hydrogen (secondary N) is 1. The monoisotopic (exact) mass is 470 g/mol. The molecule has 0 spiro atoms. The number of ether oxygens (including phenoxy) is 2. The zero-order chi connectivity index (χ0) is 24.2. The predicted molar refractivity (Wildman–Crippen MR) is 120 cm³/mol. The molecule has 8 nitrogen and oxygen atoms in total. The van der Waals surface area contributed by atoms with Gasteiger partial charge in [0.05, 0.1) is 18.6 Å². The van der Waals surface area contributed by atoms with Gasteiger partial charge in [0.15, 0.2) is 0 Å². The van der Waals surface area contributed by atoms with E-state index in [9.17, 15) is 19.1 Å². The molecular formula is C25H27FN2O6. The molecule has 0 aromatic heterocycles.